The molecule has 0 spiro atoms. The highest BCUT2D eigenvalue weighted by Crippen LogP contribution is 2.21. The molecule has 1 saturated heterocycles. The van der Waals surface area contributed by atoms with Gasteiger partial charge in [0.25, 0.3) is 5.91 Å². The van der Waals surface area contributed by atoms with E-state index in [4.69, 9.17) is 9.57 Å². The predicted octanol–water partition coefficient (Wildman–Crippen LogP) is -2.03. The van der Waals surface area contributed by atoms with Crippen LogP contribution in [0.2, 0.25) is 0 Å². The number of nitrogens with one attached hydrogen (secondary N) is 1. The summed E-state index contributed by atoms with van der Waals surface area (Å²) in [5, 5.41) is 28.7. The summed E-state index contributed by atoms with van der Waals surface area (Å²) >= 11 is 0. The highest BCUT2D eigenvalue weighted by Gasteiger charge is 2.43. The molecule has 9 heteroatoms. The Labute approximate surface area is 114 Å². The molecular formula is C11H15N3O6. The molecule has 20 heavy (non-hydrogen) atoms. The van der Waals surface area contributed by atoms with Gasteiger partial charge in [0.15, 0.2) is 0 Å². The number of rotatable bonds is 3. The molecule has 1 aromatic heterocycles. The van der Waals surface area contributed by atoms with Gasteiger partial charge in [0.2, 0.25) is 6.29 Å². The summed E-state index contributed by atoms with van der Waals surface area (Å²) in [4.78, 5) is 23.9. The van der Waals surface area contributed by atoms with Crippen molar-refractivity contribution < 1.29 is 29.7 Å². The lowest BCUT2D eigenvalue weighted by Gasteiger charge is -2.38. The first-order valence-corrected chi connectivity index (χ1v) is 5.91. The number of nitrogens with zero attached hydrogens (tertiary/aromatic N) is 2. The predicted molar refractivity (Wildman–Crippen MR) is 62.9 cm³/mol. The molecule has 1 aliphatic heterocycles. The number of hydrogen-bond acceptors (Lipinski definition) is 8. The van der Waals surface area contributed by atoms with Crippen LogP contribution < -0.4 is 5.48 Å². The molecule has 2 rings (SSSR count). The van der Waals surface area contributed by atoms with Crippen LogP contribution in [0, 0.1) is 0 Å². The minimum atomic E-state index is -1.49. The fourth-order valence-corrected chi connectivity index (χ4v) is 1.70. The molecule has 110 valence electrons. The van der Waals surface area contributed by atoms with Crippen LogP contribution in [-0.4, -0.2) is 61.9 Å². The summed E-state index contributed by atoms with van der Waals surface area (Å²) in [5.41, 5.74) is 2.22. The van der Waals surface area contributed by atoms with Crippen LogP contribution in [-0.2, 0) is 9.57 Å². The fourth-order valence-electron chi connectivity index (χ4n) is 1.70. The Hall–Kier alpha value is -1.65. The first-order valence-electron chi connectivity index (χ1n) is 5.91. The van der Waals surface area contributed by atoms with Crippen molar-refractivity contribution in [3.05, 3.63) is 24.3 Å². The minimum Gasteiger partial charge on any atom is -0.388 e. The number of carbonyl (C=O) groups excluding carboxylic acids is 1. The third-order valence-corrected chi connectivity index (χ3v) is 2.90. The van der Waals surface area contributed by atoms with Gasteiger partial charge in [0, 0.05) is 12.4 Å². The van der Waals surface area contributed by atoms with Crippen molar-refractivity contribution in [2.75, 3.05) is 0 Å². The van der Waals surface area contributed by atoms with Crippen molar-refractivity contribution in [1.29, 1.82) is 0 Å². The van der Waals surface area contributed by atoms with E-state index in [1.807, 2.05) is 0 Å². The molecule has 1 aliphatic rings. The van der Waals surface area contributed by atoms with Gasteiger partial charge in [-0.2, -0.15) is 0 Å². The van der Waals surface area contributed by atoms with Crippen LogP contribution in [0.3, 0.4) is 0 Å². The molecule has 1 amide bonds. The molecule has 0 unspecified atom stereocenters. The number of ether oxygens (including phenoxy) is 1. The number of hydroxylamine groups is 1. The second-order valence-electron chi connectivity index (χ2n) is 4.36. The van der Waals surface area contributed by atoms with Crippen LogP contribution in [0.25, 0.3) is 0 Å². The second-order valence-corrected chi connectivity index (χ2v) is 4.36. The van der Waals surface area contributed by atoms with Crippen LogP contribution in [0.1, 0.15) is 17.3 Å². The number of aromatic nitrogens is 2. The lowest BCUT2D eigenvalue weighted by atomic mass is 10.0. The monoisotopic (exact) mass is 285 g/mol. The van der Waals surface area contributed by atoms with Gasteiger partial charge in [-0.1, -0.05) is 0 Å². The van der Waals surface area contributed by atoms with Crippen LogP contribution in [0.15, 0.2) is 18.7 Å². The van der Waals surface area contributed by atoms with Crippen molar-refractivity contribution in [2.45, 2.75) is 37.6 Å². The van der Waals surface area contributed by atoms with Crippen molar-refractivity contribution >= 4 is 5.91 Å². The molecule has 5 atom stereocenters. The molecule has 2 heterocycles. The fraction of sp³-hybridized carbons (Fsp3) is 0.545. The summed E-state index contributed by atoms with van der Waals surface area (Å²) in [5.74, 6) is -0.630. The minimum absolute atomic E-state index is 0.159. The molecule has 1 aromatic rings. The Morgan fingerprint density at radius 1 is 1.25 bits per heavy atom. The van der Waals surface area contributed by atoms with E-state index < -0.39 is 36.6 Å². The molecule has 0 aromatic carbocycles. The molecule has 4 N–H and O–H groups in total. The van der Waals surface area contributed by atoms with E-state index in [0.717, 1.165) is 0 Å². The molecule has 0 bridgehead atoms. The quantitative estimate of drug-likeness (QED) is 0.467. The largest absolute Gasteiger partial charge is 0.388 e. The zero-order valence-electron chi connectivity index (χ0n) is 10.6. The summed E-state index contributed by atoms with van der Waals surface area (Å²) in [6, 6.07) is 0. The van der Waals surface area contributed by atoms with E-state index in [2.05, 4.69) is 15.4 Å². The highest BCUT2D eigenvalue weighted by atomic mass is 16.8. The lowest BCUT2D eigenvalue weighted by molar-refractivity contribution is -0.304. The highest BCUT2D eigenvalue weighted by molar-refractivity contribution is 5.92. The Morgan fingerprint density at radius 3 is 2.55 bits per heavy atom. The van der Waals surface area contributed by atoms with Gasteiger partial charge in [-0.3, -0.25) is 4.79 Å². The number of carbonyl (C=O) groups is 1. The zero-order chi connectivity index (χ0) is 14.7. The Bertz CT molecular complexity index is 459. The maximum Gasteiger partial charge on any atom is 0.278 e. The zero-order valence-corrected chi connectivity index (χ0v) is 10.6. The van der Waals surface area contributed by atoms with Crippen molar-refractivity contribution in [2.24, 2.45) is 0 Å². The average molecular weight is 285 g/mol. The second kappa shape index (κ2) is 6.20. The van der Waals surface area contributed by atoms with Gasteiger partial charge >= 0.3 is 0 Å². The average Bonchev–Trinajstić information content (AvgIpc) is 2.48. The molecule has 0 radical (unpaired) electrons. The molecule has 9 nitrogen and oxygen atoms in total. The van der Waals surface area contributed by atoms with E-state index in [1.165, 1.54) is 25.6 Å². The number of aliphatic hydroxyl groups is 3. The summed E-state index contributed by atoms with van der Waals surface area (Å²) in [7, 11) is 0. The van der Waals surface area contributed by atoms with E-state index in [-0.39, 0.29) is 5.56 Å². The number of aliphatic hydroxyl groups excluding tert-OH is 3. The van der Waals surface area contributed by atoms with Crippen LogP contribution in [0.5, 0.6) is 0 Å². The Morgan fingerprint density at radius 2 is 1.90 bits per heavy atom. The van der Waals surface area contributed by atoms with E-state index in [0.29, 0.717) is 0 Å². The van der Waals surface area contributed by atoms with Gasteiger partial charge in [-0.05, 0) is 6.92 Å². The normalized spacial score (nSPS) is 33.7. The van der Waals surface area contributed by atoms with E-state index in [1.54, 1.807) is 0 Å². The SMILES string of the molecule is C[C@@H]1O[C@@H](ONC(=O)c2cncnc2)[C@@H](O)[C@H](O)[C@@H]1O. The molecule has 1 fully saturated rings. The lowest BCUT2D eigenvalue weighted by Crippen LogP contribution is -2.58. The Balaban J connectivity index is 1.92. The van der Waals surface area contributed by atoms with Gasteiger partial charge in [-0.15, -0.1) is 0 Å². The molecular weight excluding hydrogens is 270 g/mol. The van der Waals surface area contributed by atoms with Crippen molar-refractivity contribution in [1.82, 2.24) is 15.4 Å². The molecule has 0 saturated carbocycles. The standard InChI is InChI=1S/C11H15N3O6/c1-5-7(15)8(16)9(17)11(19-5)20-14-10(18)6-2-12-4-13-3-6/h2-5,7-9,11,15-17H,1H3,(H,14,18)/t5-,7+,8+,9-,11-/m0/s1. The Kier molecular flexibility index (Phi) is 4.57. The third kappa shape index (κ3) is 3.08. The maximum atomic E-state index is 11.7. The molecule has 0 aliphatic carbocycles. The maximum absolute atomic E-state index is 11.7. The van der Waals surface area contributed by atoms with Crippen molar-refractivity contribution in [3.63, 3.8) is 0 Å². The van der Waals surface area contributed by atoms with E-state index in [9.17, 15) is 20.1 Å². The van der Waals surface area contributed by atoms with E-state index >= 15 is 0 Å². The summed E-state index contributed by atoms with van der Waals surface area (Å²) in [6.45, 7) is 1.50. The third-order valence-electron chi connectivity index (χ3n) is 2.90. The topological polar surface area (TPSA) is 134 Å². The van der Waals surface area contributed by atoms with Gasteiger partial charge in [0.1, 0.15) is 24.6 Å². The first-order chi connectivity index (χ1) is 9.50. The number of hydrogen-bond donors (Lipinski definition) is 4. The van der Waals surface area contributed by atoms with Crippen molar-refractivity contribution in [3.8, 4) is 0 Å². The number of amides is 1. The first kappa shape index (κ1) is 14.8. The van der Waals surface area contributed by atoms with Gasteiger partial charge in [0.05, 0.1) is 11.7 Å². The van der Waals surface area contributed by atoms with Gasteiger partial charge in [-0.25, -0.2) is 20.3 Å². The smallest absolute Gasteiger partial charge is 0.278 e. The summed E-state index contributed by atoms with van der Waals surface area (Å²) < 4.78 is 5.14. The van der Waals surface area contributed by atoms with Crippen LogP contribution in [0.4, 0.5) is 0 Å². The summed E-state index contributed by atoms with van der Waals surface area (Å²) in [6.07, 6.45) is -2.37. The van der Waals surface area contributed by atoms with Gasteiger partial charge < -0.3 is 20.1 Å². The van der Waals surface area contributed by atoms with Crippen LogP contribution >= 0.6 is 0 Å².